The number of hydrogen-bond donors (Lipinski definition) is 1. The van der Waals surface area contributed by atoms with Crippen molar-refractivity contribution in [1.29, 1.82) is 0 Å². The average molecular weight is 270 g/mol. The number of benzene rings is 1. The Morgan fingerprint density at radius 3 is 2.73 bits per heavy atom. The van der Waals surface area contributed by atoms with E-state index in [0.717, 1.165) is 15.8 Å². The second kappa shape index (κ2) is 5.93. The highest BCUT2D eigenvalue weighted by atomic mass is 79.9. The third kappa shape index (κ3) is 4.06. The van der Waals surface area contributed by atoms with E-state index in [1.807, 2.05) is 24.3 Å². The van der Waals surface area contributed by atoms with Crippen molar-refractivity contribution in [3.63, 3.8) is 0 Å². The summed E-state index contributed by atoms with van der Waals surface area (Å²) in [6, 6.07) is 5.89. The van der Waals surface area contributed by atoms with E-state index in [2.05, 4.69) is 29.8 Å². The molecular formula is C12H16BrNO. The van der Waals surface area contributed by atoms with Gasteiger partial charge in [-0.3, -0.25) is 0 Å². The molecule has 0 aliphatic carbocycles. The molecule has 0 saturated heterocycles. The monoisotopic (exact) mass is 269 g/mol. The molecule has 0 radical (unpaired) electrons. The van der Waals surface area contributed by atoms with E-state index in [-0.39, 0.29) is 0 Å². The Morgan fingerprint density at radius 2 is 2.20 bits per heavy atom. The molecule has 0 aromatic heterocycles. The van der Waals surface area contributed by atoms with E-state index in [0.29, 0.717) is 13.2 Å². The van der Waals surface area contributed by atoms with Gasteiger partial charge in [-0.1, -0.05) is 11.6 Å². The summed E-state index contributed by atoms with van der Waals surface area (Å²) < 4.78 is 6.53. The number of rotatable bonds is 4. The van der Waals surface area contributed by atoms with Crippen molar-refractivity contribution < 1.29 is 4.74 Å². The summed E-state index contributed by atoms with van der Waals surface area (Å²) in [4.78, 5) is 0. The van der Waals surface area contributed by atoms with E-state index in [1.54, 1.807) is 0 Å². The standard InChI is InChI=1S/C12H16BrNO/c1-9(2)5-6-15-12-4-3-10(8-14)7-11(12)13/h3-5,7H,6,8,14H2,1-2H3. The molecule has 0 aliphatic heterocycles. The van der Waals surface area contributed by atoms with Crippen LogP contribution in [0.5, 0.6) is 5.75 Å². The van der Waals surface area contributed by atoms with Gasteiger partial charge in [-0.15, -0.1) is 0 Å². The van der Waals surface area contributed by atoms with E-state index in [1.165, 1.54) is 5.57 Å². The molecule has 0 spiro atoms. The number of ether oxygens (including phenoxy) is 1. The predicted molar refractivity (Wildman–Crippen MR) is 67.0 cm³/mol. The van der Waals surface area contributed by atoms with Crippen LogP contribution in [0.2, 0.25) is 0 Å². The largest absolute Gasteiger partial charge is 0.488 e. The summed E-state index contributed by atoms with van der Waals surface area (Å²) >= 11 is 3.45. The fourth-order valence-electron chi connectivity index (χ4n) is 1.09. The minimum absolute atomic E-state index is 0.548. The topological polar surface area (TPSA) is 35.2 Å². The molecule has 1 rings (SSSR count). The first-order chi connectivity index (χ1) is 7.13. The van der Waals surface area contributed by atoms with Gasteiger partial charge in [0.05, 0.1) is 4.47 Å². The Labute approximate surface area is 99.3 Å². The van der Waals surface area contributed by atoms with E-state index < -0.39 is 0 Å². The normalized spacial score (nSPS) is 9.87. The van der Waals surface area contributed by atoms with Gasteiger partial charge in [0.15, 0.2) is 0 Å². The molecule has 0 bridgehead atoms. The lowest BCUT2D eigenvalue weighted by atomic mass is 10.2. The Morgan fingerprint density at radius 1 is 1.47 bits per heavy atom. The zero-order valence-electron chi connectivity index (χ0n) is 9.09. The van der Waals surface area contributed by atoms with Gasteiger partial charge in [0.25, 0.3) is 0 Å². The van der Waals surface area contributed by atoms with Gasteiger partial charge in [0.1, 0.15) is 12.4 Å². The van der Waals surface area contributed by atoms with Crippen LogP contribution in [0.1, 0.15) is 19.4 Å². The Bertz CT molecular complexity index is 357. The summed E-state index contributed by atoms with van der Waals surface area (Å²) in [7, 11) is 0. The number of nitrogens with two attached hydrogens (primary N) is 1. The van der Waals surface area contributed by atoms with Crippen molar-refractivity contribution in [1.82, 2.24) is 0 Å². The molecule has 0 amide bonds. The van der Waals surface area contributed by atoms with Crippen LogP contribution in [-0.4, -0.2) is 6.61 Å². The van der Waals surface area contributed by atoms with Crippen LogP contribution in [0.3, 0.4) is 0 Å². The molecule has 0 saturated carbocycles. The molecule has 0 heterocycles. The van der Waals surface area contributed by atoms with E-state index in [4.69, 9.17) is 10.5 Å². The zero-order valence-corrected chi connectivity index (χ0v) is 10.7. The minimum atomic E-state index is 0.548. The van der Waals surface area contributed by atoms with Crippen molar-refractivity contribution in [2.24, 2.45) is 5.73 Å². The quantitative estimate of drug-likeness (QED) is 0.852. The highest BCUT2D eigenvalue weighted by Gasteiger charge is 2.00. The van der Waals surface area contributed by atoms with Crippen LogP contribution in [0.25, 0.3) is 0 Å². The van der Waals surface area contributed by atoms with Gasteiger partial charge in [0, 0.05) is 6.54 Å². The number of allylic oxidation sites excluding steroid dienone is 1. The SMILES string of the molecule is CC(C)=CCOc1ccc(CN)cc1Br. The molecule has 15 heavy (non-hydrogen) atoms. The molecule has 2 N–H and O–H groups in total. The van der Waals surface area contributed by atoms with Gasteiger partial charge in [-0.05, 0) is 53.5 Å². The number of hydrogen-bond acceptors (Lipinski definition) is 2. The molecule has 2 nitrogen and oxygen atoms in total. The molecule has 82 valence electrons. The van der Waals surface area contributed by atoms with Crippen LogP contribution in [-0.2, 0) is 6.54 Å². The molecule has 0 fully saturated rings. The fourth-order valence-corrected chi connectivity index (χ4v) is 1.63. The molecule has 1 aromatic rings. The third-order valence-corrected chi connectivity index (χ3v) is 2.58. The Kier molecular flexibility index (Phi) is 4.85. The van der Waals surface area contributed by atoms with Crippen molar-refractivity contribution in [2.45, 2.75) is 20.4 Å². The molecule has 0 atom stereocenters. The van der Waals surface area contributed by atoms with Gasteiger partial charge in [0.2, 0.25) is 0 Å². The van der Waals surface area contributed by atoms with Crippen LogP contribution in [0, 0.1) is 0 Å². The summed E-state index contributed by atoms with van der Waals surface area (Å²) in [5, 5.41) is 0. The fraction of sp³-hybridized carbons (Fsp3) is 0.333. The average Bonchev–Trinajstić information content (AvgIpc) is 2.20. The van der Waals surface area contributed by atoms with Crippen molar-refractivity contribution in [2.75, 3.05) is 6.61 Å². The van der Waals surface area contributed by atoms with Crippen LogP contribution in [0.4, 0.5) is 0 Å². The molecule has 0 aliphatic rings. The maximum atomic E-state index is 5.58. The lowest BCUT2D eigenvalue weighted by Gasteiger charge is -2.07. The lowest BCUT2D eigenvalue weighted by molar-refractivity contribution is 0.359. The van der Waals surface area contributed by atoms with Crippen molar-refractivity contribution in [3.8, 4) is 5.75 Å². The highest BCUT2D eigenvalue weighted by Crippen LogP contribution is 2.25. The van der Waals surface area contributed by atoms with Crippen molar-refractivity contribution >= 4 is 15.9 Å². The Balaban J connectivity index is 2.66. The summed E-state index contributed by atoms with van der Waals surface area (Å²) in [6.45, 7) is 5.25. The summed E-state index contributed by atoms with van der Waals surface area (Å²) in [5.41, 5.74) is 7.89. The van der Waals surface area contributed by atoms with E-state index in [9.17, 15) is 0 Å². The van der Waals surface area contributed by atoms with E-state index >= 15 is 0 Å². The van der Waals surface area contributed by atoms with Gasteiger partial charge in [-0.2, -0.15) is 0 Å². The van der Waals surface area contributed by atoms with Crippen molar-refractivity contribution in [3.05, 3.63) is 39.9 Å². The molecular weight excluding hydrogens is 254 g/mol. The smallest absolute Gasteiger partial charge is 0.133 e. The van der Waals surface area contributed by atoms with Gasteiger partial charge >= 0.3 is 0 Å². The third-order valence-electron chi connectivity index (χ3n) is 1.96. The summed E-state index contributed by atoms with van der Waals surface area (Å²) in [5.74, 6) is 0.852. The van der Waals surface area contributed by atoms with Crippen LogP contribution in [0.15, 0.2) is 34.3 Å². The molecule has 1 aromatic carbocycles. The summed E-state index contributed by atoms with van der Waals surface area (Å²) in [6.07, 6.45) is 2.04. The van der Waals surface area contributed by atoms with Crippen LogP contribution < -0.4 is 10.5 Å². The first-order valence-electron chi connectivity index (χ1n) is 4.88. The van der Waals surface area contributed by atoms with Crippen LogP contribution >= 0.6 is 15.9 Å². The Hall–Kier alpha value is -0.800. The molecule has 0 unspecified atom stereocenters. The zero-order chi connectivity index (χ0) is 11.3. The first kappa shape index (κ1) is 12.3. The number of halogens is 1. The lowest BCUT2D eigenvalue weighted by Crippen LogP contribution is -1.98. The molecule has 3 heteroatoms. The minimum Gasteiger partial charge on any atom is -0.488 e. The second-order valence-corrected chi connectivity index (χ2v) is 4.42. The maximum absolute atomic E-state index is 5.58. The van der Waals surface area contributed by atoms with Gasteiger partial charge in [-0.25, -0.2) is 0 Å². The van der Waals surface area contributed by atoms with Gasteiger partial charge < -0.3 is 10.5 Å². The predicted octanol–water partition coefficient (Wildman–Crippen LogP) is 3.25. The first-order valence-corrected chi connectivity index (χ1v) is 5.67. The maximum Gasteiger partial charge on any atom is 0.133 e. The highest BCUT2D eigenvalue weighted by molar-refractivity contribution is 9.10. The second-order valence-electron chi connectivity index (χ2n) is 3.56.